The van der Waals surface area contributed by atoms with Crippen LogP contribution in [0.25, 0.3) is 0 Å². The molecule has 0 unspecified atom stereocenters. The van der Waals surface area contributed by atoms with E-state index in [2.05, 4.69) is 35.6 Å². The molecule has 82 valence electrons. The van der Waals surface area contributed by atoms with Crippen LogP contribution in [0.5, 0.6) is 0 Å². The lowest BCUT2D eigenvalue weighted by Crippen LogP contribution is -2.27. The summed E-state index contributed by atoms with van der Waals surface area (Å²) in [5.74, 6) is 0. The first-order chi connectivity index (χ1) is 7.45. The predicted molar refractivity (Wildman–Crippen MR) is 64.8 cm³/mol. The zero-order valence-corrected chi connectivity index (χ0v) is 9.41. The molecule has 1 fully saturated rings. The smallest absolute Gasteiger partial charge is 0.0208 e. The van der Waals surface area contributed by atoms with Crippen LogP contribution in [0.1, 0.15) is 44.1 Å². The summed E-state index contributed by atoms with van der Waals surface area (Å²) in [7, 11) is 0. The van der Waals surface area contributed by atoms with E-state index in [-0.39, 0.29) is 0 Å². The second-order valence-electron chi connectivity index (χ2n) is 4.55. The number of hydrogen-bond acceptors (Lipinski definition) is 1. The first-order valence-corrected chi connectivity index (χ1v) is 6.22. The maximum Gasteiger partial charge on any atom is 0.0208 e. The van der Waals surface area contributed by atoms with Gasteiger partial charge in [-0.3, -0.25) is 0 Å². The largest absolute Gasteiger partial charge is 0.310 e. The molecule has 1 saturated carbocycles. The Morgan fingerprint density at radius 3 is 2.27 bits per heavy atom. The molecule has 0 saturated heterocycles. The first kappa shape index (κ1) is 10.7. The van der Waals surface area contributed by atoms with Gasteiger partial charge in [-0.2, -0.15) is 0 Å². The predicted octanol–water partition coefficient (Wildman–Crippen LogP) is 3.50. The maximum absolute atomic E-state index is 3.68. The van der Waals surface area contributed by atoms with Crippen LogP contribution in [-0.4, -0.2) is 6.04 Å². The summed E-state index contributed by atoms with van der Waals surface area (Å²) < 4.78 is 0. The highest BCUT2D eigenvalue weighted by molar-refractivity contribution is 5.14. The van der Waals surface area contributed by atoms with Gasteiger partial charge in [0.15, 0.2) is 0 Å². The minimum atomic E-state index is 0.757. The van der Waals surface area contributed by atoms with E-state index in [0.717, 1.165) is 12.6 Å². The molecule has 0 heterocycles. The van der Waals surface area contributed by atoms with Crippen molar-refractivity contribution >= 4 is 0 Å². The highest BCUT2D eigenvalue weighted by atomic mass is 14.9. The molecule has 1 aliphatic rings. The molecule has 0 amide bonds. The van der Waals surface area contributed by atoms with Crippen molar-refractivity contribution in [2.75, 3.05) is 0 Å². The molecule has 0 bridgehead atoms. The molecule has 1 aliphatic carbocycles. The summed E-state index contributed by atoms with van der Waals surface area (Å²) >= 11 is 0. The van der Waals surface area contributed by atoms with Gasteiger partial charge in [0.25, 0.3) is 0 Å². The van der Waals surface area contributed by atoms with Gasteiger partial charge in [0.2, 0.25) is 0 Å². The van der Waals surface area contributed by atoms with Crippen LogP contribution in [0.2, 0.25) is 0 Å². The van der Waals surface area contributed by atoms with Crippen LogP contribution in [0.4, 0.5) is 0 Å². The van der Waals surface area contributed by atoms with Crippen LogP contribution >= 0.6 is 0 Å². The van der Waals surface area contributed by atoms with Crippen molar-refractivity contribution in [3.63, 3.8) is 0 Å². The summed E-state index contributed by atoms with van der Waals surface area (Å²) in [6.07, 6.45) is 8.42. The van der Waals surface area contributed by atoms with Gasteiger partial charge in [-0.15, -0.1) is 0 Å². The summed E-state index contributed by atoms with van der Waals surface area (Å²) in [6.45, 7) is 1.03. The second kappa shape index (κ2) is 5.92. The lowest BCUT2D eigenvalue weighted by Gasteiger charge is -2.15. The fourth-order valence-electron chi connectivity index (χ4n) is 2.34. The molecule has 1 heteroatoms. The van der Waals surface area contributed by atoms with Crippen molar-refractivity contribution in [2.45, 2.75) is 51.1 Å². The van der Waals surface area contributed by atoms with Gasteiger partial charge in [-0.05, 0) is 18.4 Å². The number of hydrogen-bond donors (Lipinski definition) is 1. The van der Waals surface area contributed by atoms with Gasteiger partial charge in [-0.1, -0.05) is 56.0 Å². The second-order valence-corrected chi connectivity index (χ2v) is 4.55. The van der Waals surface area contributed by atoms with Crippen molar-refractivity contribution in [1.82, 2.24) is 5.32 Å². The molecule has 1 N–H and O–H groups in total. The SMILES string of the molecule is c1ccc(CNC2CCCCCC2)cc1. The number of benzene rings is 1. The number of nitrogens with one attached hydrogen (secondary N) is 1. The molecule has 0 spiro atoms. The van der Waals surface area contributed by atoms with Crippen molar-refractivity contribution in [3.8, 4) is 0 Å². The van der Waals surface area contributed by atoms with Gasteiger partial charge < -0.3 is 5.32 Å². The van der Waals surface area contributed by atoms with Crippen molar-refractivity contribution in [1.29, 1.82) is 0 Å². The van der Waals surface area contributed by atoms with Crippen molar-refractivity contribution in [3.05, 3.63) is 35.9 Å². The monoisotopic (exact) mass is 203 g/mol. The summed E-state index contributed by atoms with van der Waals surface area (Å²) in [5.41, 5.74) is 1.40. The Balaban J connectivity index is 1.77. The highest BCUT2D eigenvalue weighted by Crippen LogP contribution is 2.17. The quantitative estimate of drug-likeness (QED) is 0.741. The Morgan fingerprint density at radius 1 is 0.933 bits per heavy atom. The molecule has 15 heavy (non-hydrogen) atoms. The summed E-state index contributed by atoms with van der Waals surface area (Å²) in [6, 6.07) is 11.5. The minimum absolute atomic E-state index is 0.757. The first-order valence-electron chi connectivity index (χ1n) is 6.22. The Kier molecular flexibility index (Phi) is 4.22. The van der Waals surface area contributed by atoms with E-state index in [1.165, 1.54) is 44.1 Å². The number of rotatable bonds is 3. The normalized spacial score (nSPS) is 18.7. The minimum Gasteiger partial charge on any atom is -0.310 e. The Bertz CT molecular complexity index is 260. The Labute approximate surface area is 92.9 Å². The average molecular weight is 203 g/mol. The molecule has 0 atom stereocenters. The van der Waals surface area contributed by atoms with Gasteiger partial charge in [0.05, 0.1) is 0 Å². The van der Waals surface area contributed by atoms with Crippen molar-refractivity contribution < 1.29 is 0 Å². The van der Waals surface area contributed by atoms with Gasteiger partial charge in [-0.25, -0.2) is 0 Å². The standard InChI is InChI=1S/C14H21N/c1-2-7-11-14(10-6-1)15-12-13-8-4-3-5-9-13/h3-5,8-9,14-15H,1-2,6-7,10-12H2. The molecule has 1 aromatic rings. The molecule has 0 aromatic heterocycles. The van der Waals surface area contributed by atoms with Crippen LogP contribution in [0.3, 0.4) is 0 Å². The average Bonchev–Trinajstić information content (AvgIpc) is 2.56. The Morgan fingerprint density at radius 2 is 1.60 bits per heavy atom. The van der Waals surface area contributed by atoms with Crippen LogP contribution in [-0.2, 0) is 6.54 Å². The lowest BCUT2D eigenvalue weighted by atomic mass is 10.1. The molecule has 0 aliphatic heterocycles. The van der Waals surface area contributed by atoms with Gasteiger partial charge in [0, 0.05) is 12.6 Å². The zero-order chi connectivity index (χ0) is 10.3. The fraction of sp³-hybridized carbons (Fsp3) is 0.571. The van der Waals surface area contributed by atoms with E-state index in [4.69, 9.17) is 0 Å². The molecule has 1 nitrogen and oxygen atoms in total. The van der Waals surface area contributed by atoms with E-state index in [9.17, 15) is 0 Å². The molecular formula is C14H21N. The van der Waals surface area contributed by atoms with E-state index >= 15 is 0 Å². The Hall–Kier alpha value is -0.820. The maximum atomic E-state index is 3.68. The van der Waals surface area contributed by atoms with Gasteiger partial charge >= 0.3 is 0 Å². The van der Waals surface area contributed by atoms with E-state index in [1.54, 1.807) is 0 Å². The zero-order valence-electron chi connectivity index (χ0n) is 9.41. The molecule has 1 aromatic carbocycles. The molecule has 2 rings (SSSR count). The third-order valence-corrected chi connectivity index (χ3v) is 3.29. The van der Waals surface area contributed by atoms with Crippen LogP contribution in [0.15, 0.2) is 30.3 Å². The molecular weight excluding hydrogens is 182 g/mol. The van der Waals surface area contributed by atoms with E-state index < -0.39 is 0 Å². The topological polar surface area (TPSA) is 12.0 Å². The summed E-state index contributed by atoms with van der Waals surface area (Å²) in [5, 5.41) is 3.68. The third-order valence-electron chi connectivity index (χ3n) is 3.29. The fourth-order valence-corrected chi connectivity index (χ4v) is 2.34. The van der Waals surface area contributed by atoms with E-state index in [1.807, 2.05) is 0 Å². The third kappa shape index (κ3) is 3.67. The van der Waals surface area contributed by atoms with Crippen LogP contribution < -0.4 is 5.32 Å². The van der Waals surface area contributed by atoms with Gasteiger partial charge in [0.1, 0.15) is 0 Å². The lowest BCUT2D eigenvalue weighted by molar-refractivity contribution is 0.459. The highest BCUT2D eigenvalue weighted by Gasteiger charge is 2.10. The van der Waals surface area contributed by atoms with Crippen LogP contribution in [0, 0.1) is 0 Å². The summed E-state index contributed by atoms with van der Waals surface area (Å²) in [4.78, 5) is 0. The molecule has 0 radical (unpaired) electrons. The van der Waals surface area contributed by atoms with E-state index in [0.29, 0.717) is 0 Å². The van der Waals surface area contributed by atoms with Crippen molar-refractivity contribution in [2.24, 2.45) is 0 Å².